The second-order valence-electron chi connectivity index (χ2n) is 3.91. The highest BCUT2D eigenvalue weighted by atomic mass is 32.2. The summed E-state index contributed by atoms with van der Waals surface area (Å²) in [5, 5.41) is 18.5. The molecule has 0 heterocycles. The molecule has 1 rings (SSSR count). The number of rotatable bonds is 6. The summed E-state index contributed by atoms with van der Waals surface area (Å²) in [6.07, 6.45) is -0.150. The average Bonchev–Trinajstić information content (AvgIpc) is 2.34. The van der Waals surface area contributed by atoms with E-state index in [1.807, 2.05) is 0 Å². The third-order valence-electron chi connectivity index (χ3n) is 2.46. The molecule has 0 spiro atoms. The molecule has 106 valence electrons. The molecule has 8 nitrogen and oxygen atoms in total. The summed E-state index contributed by atoms with van der Waals surface area (Å²) in [7, 11) is -2.54. The summed E-state index contributed by atoms with van der Waals surface area (Å²) in [6.45, 7) is 2.13. The minimum Gasteiger partial charge on any atom is -0.381 e. The number of nitrogens with one attached hydrogen (secondary N) is 1. The van der Waals surface area contributed by atoms with Gasteiger partial charge in [-0.2, -0.15) is 0 Å². The van der Waals surface area contributed by atoms with Crippen molar-refractivity contribution in [1.29, 1.82) is 0 Å². The van der Waals surface area contributed by atoms with Crippen LogP contribution in [0.25, 0.3) is 0 Å². The smallest absolute Gasteiger partial charge is 0.270 e. The van der Waals surface area contributed by atoms with E-state index < -0.39 is 14.9 Å². The van der Waals surface area contributed by atoms with E-state index >= 15 is 0 Å². The van der Waals surface area contributed by atoms with Crippen molar-refractivity contribution in [3.8, 4) is 0 Å². The van der Waals surface area contributed by atoms with E-state index in [1.54, 1.807) is 6.92 Å². The third kappa shape index (κ3) is 4.16. The van der Waals surface area contributed by atoms with E-state index in [0.717, 1.165) is 6.07 Å². The van der Waals surface area contributed by atoms with Crippen LogP contribution in [0.4, 0.5) is 11.4 Å². The number of ether oxygens (including phenoxy) is 1. The lowest BCUT2D eigenvalue weighted by Gasteiger charge is -2.14. The number of nitro benzene ring substituents is 1. The second kappa shape index (κ2) is 5.95. The molecule has 0 saturated heterocycles. The Hall–Kier alpha value is -1.71. The highest BCUT2D eigenvalue weighted by Crippen LogP contribution is 2.25. The van der Waals surface area contributed by atoms with E-state index in [9.17, 15) is 18.5 Å². The number of anilines is 1. The molecule has 0 aliphatic heterocycles. The zero-order chi connectivity index (χ0) is 14.6. The van der Waals surface area contributed by atoms with E-state index in [0.29, 0.717) is 6.54 Å². The molecule has 0 aliphatic rings. The van der Waals surface area contributed by atoms with Crippen LogP contribution in [0.1, 0.15) is 6.92 Å². The fourth-order valence-electron chi connectivity index (χ4n) is 1.34. The summed E-state index contributed by atoms with van der Waals surface area (Å²) >= 11 is 0. The topological polar surface area (TPSA) is 125 Å². The average molecular weight is 289 g/mol. The SMILES string of the molecule is COC(C)CNc1ccc([N+](=O)[O-])cc1S(N)(=O)=O. The molecular formula is C10H15N3O5S. The Bertz CT molecular complexity index is 573. The minimum atomic E-state index is -4.05. The van der Waals surface area contributed by atoms with E-state index in [4.69, 9.17) is 9.88 Å². The molecule has 0 bridgehead atoms. The van der Waals surface area contributed by atoms with Gasteiger partial charge in [0.2, 0.25) is 10.0 Å². The molecule has 1 atom stereocenters. The second-order valence-corrected chi connectivity index (χ2v) is 5.44. The van der Waals surface area contributed by atoms with Crippen LogP contribution in [-0.4, -0.2) is 33.1 Å². The molecule has 1 unspecified atom stereocenters. The van der Waals surface area contributed by atoms with Crippen LogP contribution in [0.5, 0.6) is 0 Å². The van der Waals surface area contributed by atoms with Gasteiger partial charge in [-0.1, -0.05) is 0 Å². The summed E-state index contributed by atoms with van der Waals surface area (Å²) < 4.78 is 27.9. The molecule has 0 saturated carbocycles. The maximum absolute atomic E-state index is 11.4. The fourth-order valence-corrected chi connectivity index (χ4v) is 2.07. The zero-order valence-corrected chi connectivity index (χ0v) is 11.3. The Morgan fingerprint density at radius 1 is 1.53 bits per heavy atom. The lowest BCUT2D eigenvalue weighted by Crippen LogP contribution is -2.21. The molecule has 1 aromatic carbocycles. The lowest BCUT2D eigenvalue weighted by atomic mass is 10.2. The first-order valence-corrected chi connectivity index (χ1v) is 6.88. The normalized spacial score (nSPS) is 13.0. The first-order chi connectivity index (χ1) is 8.75. The Labute approximate surface area is 110 Å². The predicted molar refractivity (Wildman–Crippen MR) is 69.4 cm³/mol. The number of hydrogen-bond donors (Lipinski definition) is 2. The molecule has 0 aliphatic carbocycles. The first-order valence-electron chi connectivity index (χ1n) is 5.33. The predicted octanol–water partition coefficient (Wildman–Crippen LogP) is 0.689. The van der Waals surface area contributed by atoms with Crippen molar-refractivity contribution >= 4 is 21.4 Å². The first kappa shape index (κ1) is 15.3. The molecule has 0 fully saturated rings. The van der Waals surface area contributed by atoms with Gasteiger partial charge in [0.1, 0.15) is 4.90 Å². The molecule has 19 heavy (non-hydrogen) atoms. The van der Waals surface area contributed by atoms with Crippen molar-refractivity contribution in [2.75, 3.05) is 19.0 Å². The minimum absolute atomic E-state index is 0.150. The summed E-state index contributed by atoms with van der Waals surface area (Å²) in [5.41, 5.74) is -0.133. The largest absolute Gasteiger partial charge is 0.381 e. The Balaban J connectivity index is 3.14. The molecular weight excluding hydrogens is 274 g/mol. The molecule has 1 aromatic rings. The number of nitro groups is 1. The molecule has 9 heteroatoms. The number of hydrogen-bond acceptors (Lipinski definition) is 6. The van der Waals surface area contributed by atoms with Crippen molar-refractivity contribution in [3.63, 3.8) is 0 Å². The number of methoxy groups -OCH3 is 1. The van der Waals surface area contributed by atoms with Gasteiger partial charge < -0.3 is 10.1 Å². The van der Waals surface area contributed by atoms with Crippen LogP contribution in [0.3, 0.4) is 0 Å². The molecule has 0 aromatic heterocycles. The molecule has 3 N–H and O–H groups in total. The van der Waals surface area contributed by atoms with Gasteiger partial charge in [-0.15, -0.1) is 0 Å². The monoisotopic (exact) mass is 289 g/mol. The van der Waals surface area contributed by atoms with E-state index in [1.165, 1.54) is 19.2 Å². The summed E-state index contributed by atoms with van der Waals surface area (Å²) in [5.74, 6) is 0. The number of sulfonamides is 1. The summed E-state index contributed by atoms with van der Waals surface area (Å²) in [6, 6.07) is 3.43. The van der Waals surface area contributed by atoms with Gasteiger partial charge in [0.25, 0.3) is 5.69 Å². The zero-order valence-electron chi connectivity index (χ0n) is 10.5. The molecule has 0 radical (unpaired) electrons. The van der Waals surface area contributed by atoms with Crippen LogP contribution in [0, 0.1) is 10.1 Å². The number of nitrogens with zero attached hydrogens (tertiary/aromatic N) is 1. The van der Waals surface area contributed by atoms with Crippen LogP contribution in [-0.2, 0) is 14.8 Å². The Morgan fingerprint density at radius 3 is 2.63 bits per heavy atom. The maximum atomic E-state index is 11.4. The van der Waals surface area contributed by atoms with Crippen molar-refractivity contribution in [2.45, 2.75) is 17.9 Å². The fraction of sp³-hybridized carbons (Fsp3) is 0.400. The van der Waals surface area contributed by atoms with Gasteiger partial charge in [-0.05, 0) is 13.0 Å². The maximum Gasteiger partial charge on any atom is 0.270 e. The molecule has 0 amide bonds. The van der Waals surface area contributed by atoms with Crippen molar-refractivity contribution in [3.05, 3.63) is 28.3 Å². The van der Waals surface area contributed by atoms with Gasteiger partial charge in [0.15, 0.2) is 0 Å². The number of benzene rings is 1. The van der Waals surface area contributed by atoms with Crippen molar-refractivity contribution in [1.82, 2.24) is 0 Å². The Kier molecular flexibility index (Phi) is 4.81. The standard InChI is InChI=1S/C10H15N3O5S/c1-7(18-2)6-12-9-4-3-8(13(14)15)5-10(9)19(11,16)17/h3-5,7,12H,6H2,1-2H3,(H2,11,16,17). The van der Waals surface area contributed by atoms with Crippen LogP contribution in [0.15, 0.2) is 23.1 Å². The van der Waals surface area contributed by atoms with Crippen LogP contribution in [0.2, 0.25) is 0 Å². The van der Waals surface area contributed by atoms with Gasteiger partial charge >= 0.3 is 0 Å². The number of primary sulfonamides is 1. The van der Waals surface area contributed by atoms with E-state index in [2.05, 4.69) is 5.32 Å². The third-order valence-corrected chi connectivity index (χ3v) is 3.42. The highest BCUT2D eigenvalue weighted by Gasteiger charge is 2.19. The van der Waals surface area contributed by atoms with Crippen LogP contribution < -0.4 is 10.5 Å². The van der Waals surface area contributed by atoms with E-state index in [-0.39, 0.29) is 22.4 Å². The highest BCUT2D eigenvalue weighted by molar-refractivity contribution is 7.89. The number of nitrogens with two attached hydrogens (primary N) is 1. The number of non-ortho nitro benzene ring substituents is 1. The Morgan fingerprint density at radius 2 is 2.16 bits per heavy atom. The van der Waals surface area contributed by atoms with Crippen LogP contribution >= 0.6 is 0 Å². The van der Waals surface area contributed by atoms with Gasteiger partial charge in [0, 0.05) is 25.8 Å². The van der Waals surface area contributed by atoms with Gasteiger partial charge in [-0.3, -0.25) is 10.1 Å². The lowest BCUT2D eigenvalue weighted by molar-refractivity contribution is -0.385. The van der Waals surface area contributed by atoms with Crippen molar-refractivity contribution in [2.24, 2.45) is 5.14 Å². The van der Waals surface area contributed by atoms with Gasteiger partial charge in [0.05, 0.1) is 16.7 Å². The van der Waals surface area contributed by atoms with Crippen molar-refractivity contribution < 1.29 is 18.1 Å². The quantitative estimate of drug-likeness (QED) is 0.586. The van der Waals surface area contributed by atoms with Gasteiger partial charge in [-0.25, -0.2) is 13.6 Å². The summed E-state index contributed by atoms with van der Waals surface area (Å²) in [4.78, 5) is 9.63.